The summed E-state index contributed by atoms with van der Waals surface area (Å²) in [5.74, 6) is 0.260. The van der Waals surface area contributed by atoms with Crippen molar-refractivity contribution in [2.24, 2.45) is 0 Å². The Labute approximate surface area is 116 Å². The number of nitrogens with one attached hydrogen (secondary N) is 1. The van der Waals surface area contributed by atoms with Crippen LogP contribution < -0.4 is 5.32 Å². The molecular weight excluding hydrogens is 238 g/mol. The summed E-state index contributed by atoms with van der Waals surface area (Å²) in [6.45, 7) is 8.64. The lowest BCUT2D eigenvalue weighted by molar-refractivity contribution is -0.144. The van der Waals surface area contributed by atoms with Gasteiger partial charge in [0.15, 0.2) is 0 Å². The van der Waals surface area contributed by atoms with Gasteiger partial charge in [-0.25, -0.2) is 4.79 Å². The number of rotatable bonds is 7. The molecule has 3 heteroatoms. The molecule has 19 heavy (non-hydrogen) atoms. The highest BCUT2D eigenvalue weighted by atomic mass is 16.5. The summed E-state index contributed by atoms with van der Waals surface area (Å²) in [5, 5.41) is 3.34. The van der Waals surface area contributed by atoms with Crippen molar-refractivity contribution >= 4 is 11.7 Å². The smallest absolute Gasteiger partial charge is 0.328 e. The highest BCUT2D eigenvalue weighted by Gasteiger charge is 2.19. The van der Waals surface area contributed by atoms with Crippen LogP contribution in [-0.4, -0.2) is 18.6 Å². The highest BCUT2D eigenvalue weighted by Crippen LogP contribution is 2.25. The normalized spacial score (nSPS) is 12.3. The van der Waals surface area contributed by atoms with E-state index in [1.165, 1.54) is 5.56 Å². The minimum atomic E-state index is -0.259. The Morgan fingerprint density at radius 2 is 1.95 bits per heavy atom. The molecule has 0 aliphatic heterocycles. The number of carbonyl (C=O) groups is 1. The van der Waals surface area contributed by atoms with Gasteiger partial charge in [0.2, 0.25) is 0 Å². The molecule has 0 fully saturated rings. The second-order valence-corrected chi connectivity index (χ2v) is 4.98. The van der Waals surface area contributed by atoms with E-state index in [0.717, 1.165) is 18.5 Å². The maximum absolute atomic E-state index is 11.9. The third-order valence-corrected chi connectivity index (χ3v) is 3.06. The molecule has 0 saturated carbocycles. The molecular formula is C16H25NO2. The Kier molecular flexibility index (Phi) is 6.40. The van der Waals surface area contributed by atoms with Crippen molar-refractivity contribution in [1.29, 1.82) is 0 Å². The van der Waals surface area contributed by atoms with Gasteiger partial charge in [0.25, 0.3) is 0 Å². The number of carbonyl (C=O) groups excluding carboxylic acids is 1. The zero-order chi connectivity index (χ0) is 14.3. The number of benzene rings is 1. The minimum Gasteiger partial charge on any atom is -0.464 e. The van der Waals surface area contributed by atoms with E-state index in [0.29, 0.717) is 12.5 Å². The van der Waals surface area contributed by atoms with Crippen LogP contribution in [0.4, 0.5) is 5.69 Å². The van der Waals surface area contributed by atoms with Crippen molar-refractivity contribution in [3.8, 4) is 0 Å². The molecule has 1 aromatic carbocycles. The van der Waals surface area contributed by atoms with Gasteiger partial charge in [-0.1, -0.05) is 45.4 Å². The minimum absolute atomic E-state index is 0.164. The number of anilines is 1. The molecule has 0 aliphatic rings. The molecule has 1 aromatic rings. The first-order valence-corrected chi connectivity index (χ1v) is 7.12. The quantitative estimate of drug-likeness (QED) is 0.757. The molecule has 0 saturated heterocycles. The predicted molar refractivity (Wildman–Crippen MR) is 79.5 cm³/mol. The molecule has 0 spiro atoms. The summed E-state index contributed by atoms with van der Waals surface area (Å²) in [4.78, 5) is 11.9. The van der Waals surface area contributed by atoms with E-state index in [9.17, 15) is 4.79 Å². The van der Waals surface area contributed by atoms with Crippen LogP contribution in [0.3, 0.4) is 0 Å². The highest BCUT2D eigenvalue weighted by molar-refractivity contribution is 5.79. The van der Waals surface area contributed by atoms with Gasteiger partial charge in [0.1, 0.15) is 6.04 Å². The Bertz CT molecular complexity index is 401. The van der Waals surface area contributed by atoms with Crippen molar-refractivity contribution in [3.63, 3.8) is 0 Å². The van der Waals surface area contributed by atoms with Crippen molar-refractivity contribution in [2.75, 3.05) is 11.9 Å². The summed E-state index contributed by atoms with van der Waals surface area (Å²) < 4.78 is 5.13. The van der Waals surface area contributed by atoms with Gasteiger partial charge in [-0.2, -0.15) is 0 Å². The van der Waals surface area contributed by atoms with Crippen LogP contribution in [0.1, 0.15) is 52.0 Å². The van der Waals surface area contributed by atoms with Crippen LogP contribution in [0.25, 0.3) is 0 Å². The van der Waals surface area contributed by atoms with E-state index in [4.69, 9.17) is 4.74 Å². The third kappa shape index (κ3) is 4.58. The first kappa shape index (κ1) is 15.5. The molecule has 0 aromatic heterocycles. The van der Waals surface area contributed by atoms with Crippen LogP contribution in [0, 0.1) is 0 Å². The maximum Gasteiger partial charge on any atom is 0.328 e. The average Bonchev–Trinajstić information content (AvgIpc) is 2.39. The van der Waals surface area contributed by atoms with E-state index in [1.54, 1.807) is 0 Å². The van der Waals surface area contributed by atoms with Gasteiger partial charge in [0, 0.05) is 5.69 Å². The SMILES string of the molecule is CCCC(Nc1ccccc1C(C)C)C(=O)OCC. The number of ether oxygens (including phenoxy) is 1. The predicted octanol–water partition coefficient (Wildman–Crippen LogP) is 3.95. The van der Waals surface area contributed by atoms with E-state index in [-0.39, 0.29) is 12.0 Å². The second-order valence-electron chi connectivity index (χ2n) is 4.98. The molecule has 1 atom stereocenters. The summed E-state index contributed by atoms with van der Waals surface area (Å²) in [6.07, 6.45) is 1.73. The number of hydrogen-bond donors (Lipinski definition) is 1. The molecule has 0 radical (unpaired) electrons. The molecule has 0 amide bonds. The van der Waals surface area contributed by atoms with Gasteiger partial charge >= 0.3 is 5.97 Å². The maximum atomic E-state index is 11.9. The lowest BCUT2D eigenvalue weighted by Gasteiger charge is -2.21. The Balaban J connectivity index is 2.87. The number of hydrogen-bond acceptors (Lipinski definition) is 3. The molecule has 3 nitrogen and oxygen atoms in total. The summed E-state index contributed by atoms with van der Waals surface area (Å²) in [5.41, 5.74) is 2.26. The van der Waals surface area contributed by atoms with Crippen molar-refractivity contribution in [3.05, 3.63) is 29.8 Å². The van der Waals surface area contributed by atoms with Gasteiger partial charge in [0.05, 0.1) is 6.61 Å². The van der Waals surface area contributed by atoms with Gasteiger partial charge in [-0.15, -0.1) is 0 Å². The fourth-order valence-electron chi connectivity index (χ4n) is 2.10. The monoisotopic (exact) mass is 263 g/mol. The first-order valence-electron chi connectivity index (χ1n) is 7.12. The topological polar surface area (TPSA) is 38.3 Å². The lowest BCUT2D eigenvalue weighted by atomic mass is 10.0. The molecule has 106 valence electrons. The van der Waals surface area contributed by atoms with E-state index < -0.39 is 0 Å². The molecule has 0 aliphatic carbocycles. The van der Waals surface area contributed by atoms with Crippen LogP contribution in [0.5, 0.6) is 0 Å². The Hall–Kier alpha value is -1.51. The van der Waals surface area contributed by atoms with Gasteiger partial charge in [-0.3, -0.25) is 0 Å². The van der Waals surface area contributed by atoms with Crippen LogP contribution in [0.15, 0.2) is 24.3 Å². The molecule has 0 heterocycles. The van der Waals surface area contributed by atoms with Crippen LogP contribution >= 0.6 is 0 Å². The zero-order valence-corrected chi connectivity index (χ0v) is 12.4. The van der Waals surface area contributed by atoms with Crippen molar-refractivity contribution in [1.82, 2.24) is 0 Å². The molecule has 0 bridgehead atoms. The summed E-state index contributed by atoms with van der Waals surface area (Å²) in [6, 6.07) is 7.88. The van der Waals surface area contributed by atoms with Gasteiger partial charge < -0.3 is 10.1 Å². The molecule has 1 N–H and O–H groups in total. The van der Waals surface area contributed by atoms with E-state index >= 15 is 0 Å². The molecule has 1 rings (SSSR count). The number of esters is 1. The van der Waals surface area contributed by atoms with E-state index in [1.807, 2.05) is 25.1 Å². The third-order valence-electron chi connectivity index (χ3n) is 3.06. The fourth-order valence-corrected chi connectivity index (χ4v) is 2.10. The Morgan fingerprint density at radius 1 is 1.26 bits per heavy atom. The van der Waals surface area contributed by atoms with Crippen molar-refractivity contribution in [2.45, 2.75) is 52.5 Å². The second kappa shape index (κ2) is 7.82. The van der Waals surface area contributed by atoms with E-state index in [2.05, 4.69) is 32.2 Å². The van der Waals surface area contributed by atoms with Crippen LogP contribution in [-0.2, 0) is 9.53 Å². The average molecular weight is 263 g/mol. The lowest BCUT2D eigenvalue weighted by Crippen LogP contribution is -2.31. The zero-order valence-electron chi connectivity index (χ0n) is 12.4. The molecule has 1 unspecified atom stereocenters. The Morgan fingerprint density at radius 3 is 2.53 bits per heavy atom. The number of para-hydroxylation sites is 1. The fraction of sp³-hybridized carbons (Fsp3) is 0.562. The standard InChI is InChI=1S/C16H25NO2/c1-5-9-15(16(18)19-6-2)17-14-11-8-7-10-13(14)12(3)4/h7-8,10-12,15,17H,5-6,9H2,1-4H3. The summed E-state index contributed by atoms with van der Waals surface area (Å²) >= 11 is 0. The van der Waals surface area contributed by atoms with Gasteiger partial charge in [-0.05, 0) is 30.9 Å². The first-order chi connectivity index (χ1) is 9.10. The largest absolute Gasteiger partial charge is 0.464 e. The van der Waals surface area contributed by atoms with Crippen molar-refractivity contribution < 1.29 is 9.53 Å². The summed E-state index contributed by atoms with van der Waals surface area (Å²) in [7, 11) is 0. The van der Waals surface area contributed by atoms with Crippen LogP contribution in [0.2, 0.25) is 0 Å².